The molecule has 0 saturated heterocycles. The second-order valence-corrected chi connectivity index (χ2v) is 6.26. The number of aryl methyl sites for hydroxylation is 1. The standard InChI is InChI=1S/C17H19N7O2/c1-11-9-13-10-23(7-8-24(13)21-11)17(25)19-12(2)16-20-15(22-26-16)14-5-3-4-6-18-14/h3-6,9,12H,7-8,10H2,1-2H3,(H,19,25). The Labute approximate surface area is 150 Å². The van der Waals surface area contributed by atoms with Gasteiger partial charge in [0.05, 0.1) is 24.5 Å². The number of fused-ring (bicyclic) bond motifs is 1. The summed E-state index contributed by atoms with van der Waals surface area (Å²) in [6.07, 6.45) is 1.67. The number of hydrogen-bond acceptors (Lipinski definition) is 6. The Kier molecular flexibility index (Phi) is 4.11. The third-order valence-electron chi connectivity index (χ3n) is 4.25. The highest BCUT2D eigenvalue weighted by Crippen LogP contribution is 2.18. The molecule has 9 heteroatoms. The molecule has 0 fully saturated rings. The van der Waals surface area contributed by atoms with Crippen molar-refractivity contribution in [3.8, 4) is 11.5 Å². The molecule has 9 nitrogen and oxygen atoms in total. The lowest BCUT2D eigenvalue weighted by Crippen LogP contribution is -2.45. The molecule has 3 aromatic heterocycles. The Morgan fingerprint density at radius 1 is 1.35 bits per heavy atom. The number of amides is 2. The van der Waals surface area contributed by atoms with Crippen molar-refractivity contribution in [2.24, 2.45) is 0 Å². The maximum absolute atomic E-state index is 12.6. The molecule has 3 aromatic rings. The van der Waals surface area contributed by atoms with Crippen LogP contribution < -0.4 is 5.32 Å². The van der Waals surface area contributed by atoms with Crippen LogP contribution in [0.5, 0.6) is 0 Å². The molecule has 0 aliphatic carbocycles. The Balaban J connectivity index is 1.41. The van der Waals surface area contributed by atoms with Gasteiger partial charge >= 0.3 is 6.03 Å². The van der Waals surface area contributed by atoms with Crippen molar-refractivity contribution in [1.29, 1.82) is 0 Å². The lowest BCUT2D eigenvalue weighted by atomic mass is 10.3. The molecule has 4 rings (SSSR count). The van der Waals surface area contributed by atoms with E-state index in [9.17, 15) is 4.79 Å². The summed E-state index contributed by atoms with van der Waals surface area (Å²) < 4.78 is 7.22. The van der Waals surface area contributed by atoms with Crippen molar-refractivity contribution in [1.82, 2.24) is 35.1 Å². The number of pyridine rings is 1. The molecule has 1 N–H and O–H groups in total. The average molecular weight is 353 g/mol. The van der Waals surface area contributed by atoms with Crippen molar-refractivity contribution in [2.75, 3.05) is 6.54 Å². The van der Waals surface area contributed by atoms with Crippen molar-refractivity contribution < 1.29 is 9.32 Å². The molecule has 1 unspecified atom stereocenters. The third-order valence-corrected chi connectivity index (χ3v) is 4.25. The number of rotatable bonds is 3. The van der Waals surface area contributed by atoms with Gasteiger partial charge in [-0.15, -0.1) is 0 Å². The Hall–Kier alpha value is -3.23. The van der Waals surface area contributed by atoms with Gasteiger partial charge in [-0.3, -0.25) is 9.67 Å². The molecule has 0 spiro atoms. The summed E-state index contributed by atoms with van der Waals surface area (Å²) in [6.45, 7) is 5.59. The van der Waals surface area contributed by atoms with Gasteiger partial charge < -0.3 is 14.7 Å². The molecule has 1 aliphatic heterocycles. The minimum atomic E-state index is -0.402. The topological polar surface area (TPSA) is 102 Å². The van der Waals surface area contributed by atoms with Crippen molar-refractivity contribution in [3.63, 3.8) is 0 Å². The minimum absolute atomic E-state index is 0.166. The minimum Gasteiger partial charge on any atom is -0.337 e. The second-order valence-electron chi connectivity index (χ2n) is 6.26. The first-order valence-corrected chi connectivity index (χ1v) is 8.44. The van der Waals surface area contributed by atoms with Gasteiger partial charge in [-0.1, -0.05) is 11.2 Å². The van der Waals surface area contributed by atoms with Gasteiger partial charge in [-0.05, 0) is 32.0 Å². The molecule has 1 atom stereocenters. The summed E-state index contributed by atoms with van der Waals surface area (Å²) in [5, 5.41) is 11.2. The van der Waals surface area contributed by atoms with Gasteiger partial charge in [0.15, 0.2) is 0 Å². The number of carbonyl (C=O) groups excluding carboxylic acids is 1. The van der Waals surface area contributed by atoms with E-state index in [-0.39, 0.29) is 6.03 Å². The van der Waals surface area contributed by atoms with Gasteiger partial charge in [0.2, 0.25) is 11.7 Å². The van der Waals surface area contributed by atoms with E-state index >= 15 is 0 Å². The normalized spacial score (nSPS) is 14.8. The van der Waals surface area contributed by atoms with E-state index in [1.165, 1.54) is 0 Å². The average Bonchev–Trinajstić information content (AvgIpc) is 3.27. The van der Waals surface area contributed by atoms with Crippen molar-refractivity contribution in [3.05, 3.63) is 47.7 Å². The zero-order chi connectivity index (χ0) is 18.1. The fraction of sp³-hybridized carbons (Fsp3) is 0.353. The molecule has 0 aromatic carbocycles. The van der Waals surface area contributed by atoms with Crippen molar-refractivity contribution in [2.45, 2.75) is 33.0 Å². The van der Waals surface area contributed by atoms with E-state index in [2.05, 4.69) is 25.5 Å². The number of nitrogens with one attached hydrogen (secondary N) is 1. The van der Waals surface area contributed by atoms with Gasteiger partial charge in [0.1, 0.15) is 11.7 Å². The van der Waals surface area contributed by atoms with Crippen LogP contribution in [0, 0.1) is 6.92 Å². The van der Waals surface area contributed by atoms with E-state index < -0.39 is 6.04 Å². The number of nitrogens with zero attached hydrogens (tertiary/aromatic N) is 6. The predicted molar refractivity (Wildman–Crippen MR) is 91.8 cm³/mol. The summed E-state index contributed by atoms with van der Waals surface area (Å²) >= 11 is 0. The van der Waals surface area contributed by atoms with E-state index in [1.54, 1.807) is 17.2 Å². The monoisotopic (exact) mass is 353 g/mol. The summed E-state index contributed by atoms with van der Waals surface area (Å²) in [5.74, 6) is 0.746. The SMILES string of the molecule is Cc1cc2n(n1)CCN(C(=O)NC(C)c1nc(-c3ccccn3)no1)C2. The first-order chi connectivity index (χ1) is 12.6. The number of aromatic nitrogens is 5. The molecule has 134 valence electrons. The molecule has 26 heavy (non-hydrogen) atoms. The molecule has 2 amide bonds. The highest BCUT2D eigenvalue weighted by molar-refractivity contribution is 5.74. The third kappa shape index (κ3) is 3.15. The predicted octanol–water partition coefficient (Wildman–Crippen LogP) is 1.92. The van der Waals surface area contributed by atoms with Crippen LogP contribution in [0.2, 0.25) is 0 Å². The molecule has 0 saturated carbocycles. The first kappa shape index (κ1) is 16.2. The largest absolute Gasteiger partial charge is 0.337 e. The number of carbonyl (C=O) groups is 1. The van der Waals surface area contributed by atoms with Crippen LogP contribution in [0.25, 0.3) is 11.5 Å². The molecule has 0 radical (unpaired) electrons. The highest BCUT2D eigenvalue weighted by Gasteiger charge is 2.25. The summed E-state index contributed by atoms with van der Waals surface area (Å²) in [7, 11) is 0. The number of hydrogen-bond donors (Lipinski definition) is 1. The summed E-state index contributed by atoms with van der Waals surface area (Å²) in [5.41, 5.74) is 2.62. The first-order valence-electron chi connectivity index (χ1n) is 8.44. The highest BCUT2D eigenvalue weighted by atomic mass is 16.5. The smallest absolute Gasteiger partial charge is 0.318 e. The van der Waals surface area contributed by atoms with E-state index in [0.717, 1.165) is 11.4 Å². The van der Waals surface area contributed by atoms with Crippen LogP contribution in [-0.4, -0.2) is 42.4 Å². The lowest BCUT2D eigenvalue weighted by Gasteiger charge is -2.28. The van der Waals surface area contributed by atoms with Crippen LogP contribution in [0.15, 0.2) is 35.0 Å². The van der Waals surface area contributed by atoms with Crippen LogP contribution in [0.1, 0.15) is 30.2 Å². The number of urea groups is 1. The second kappa shape index (κ2) is 6.58. The van der Waals surface area contributed by atoms with E-state index in [4.69, 9.17) is 4.52 Å². The lowest BCUT2D eigenvalue weighted by molar-refractivity contribution is 0.175. The molecular formula is C17H19N7O2. The summed E-state index contributed by atoms with van der Waals surface area (Å²) in [6, 6.07) is 6.91. The fourth-order valence-electron chi connectivity index (χ4n) is 2.93. The molecule has 0 bridgehead atoms. The van der Waals surface area contributed by atoms with Crippen LogP contribution in [0.3, 0.4) is 0 Å². The zero-order valence-electron chi connectivity index (χ0n) is 14.6. The fourth-order valence-corrected chi connectivity index (χ4v) is 2.93. The van der Waals surface area contributed by atoms with Gasteiger partial charge in [-0.2, -0.15) is 10.1 Å². The molecule has 4 heterocycles. The van der Waals surface area contributed by atoms with Crippen LogP contribution in [0.4, 0.5) is 4.79 Å². The van der Waals surface area contributed by atoms with Crippen LogP contribution >= 0.6 is 0 Å². The summed E-state index contributed by atoms with van der Waals surface area (Å²) in [4.78, 5) is 22.8. The maximum atomic E-state index is 12.6. The van der Waals surface area contributed by atoms with E-state index in [0.29, 0.717) is 37.0 Å². The van der Waals surface area contributed by atoms with Gasteiger partial charge in [-0.25, -0.2) is 4.79 Å². The van der Waals surface area contributed by atoms with E-state index in [1.807, 2.05) is 36.7 Å². The van der Waals surface area contributed by atoms with Gasteiger partial charge in [0.25, 0.3) is 0 Å². The Morgan fingerprint density at radius 3 is 3.04 bits per heavy atom. The molecular weight excluding hydrogens is 334 g/mol. The van der Waals surface area contributed by atoms with Crippen LogP contribution in [-0.2, 0) is 13.1 Å². The Bertz CT molecular complexity index is 918. The van der Waals surface area contributed by atoms with Crippen molar-refractivity contribution >= 4 is 6.03 Å². The zero-order valence-corrected chi connectivity index (χ0v) is 14.6. The quantitative estimate of drug-likeness (QED) is 0.772. The molecule has 1 aliphatic rings. The maximum Gasteiger partial charge on any atom is 0.318 e. The van der Waals surface area contributed by atoms with Gasteiger partial charge in [0, 0.05) is 12.7 Å². The Morgan fingerprint density at radius 2 is 2.23 bits per heavy atom.